The summed E-state index contributed by atoms with van der Waals surface area (Å²) in [6.07, 6.45) is 3.94. The summed E-state index contributed by atoms with van der Waals surface area (Å²) in [5.74, 6) is 0.976. The first kappa shape index (κ1) is 16.3. The Kier molecular flexibility index (Phi) is 6.08. The third-order valence-electron chi connectivity index (χ3n) is 3.78. The summed E-state index contributed by atoms with van der Waals surface area (Å²) in [7, 11) is 2.09. The standard InChI is InChI=1S/C15H26ClN3/c1-6-8-17-10-12-9-14(18-11-13(12)16)19(5)15(3,4)7-2/h9,11,17H,6-8,10H2,1-5H3. The number of aromatic nitrogens is 1. The Morgan fingerprint density at radius 3 is 2.63 bits per heavy atom. The normalized spacial score (nSPS) is 11.7. The van der Waals surface area contributed by atoms with Gasteiger partial charge < -0.3 is 10.2 Å². The lowest BCUT2D eigenvalue weighted by atomic mass is 10.00. The largest absolute Gasteiger partial charge is 0.355 e. The molecule has 0 fully saturated rings. The topological polar surface area (TPSA) is 28.2 Å². The van der Waals surface area contributed by atoms with Gasteiger partial charge in [0.1, 0.15) is 5.82 Å². The first-order chi connectivity index (χ1) is 8.92. The maximum Gasteiger partial charge on any atom is 0.129 e. The minimum atomic E-state index is 0.0922. The van der Waals surface area contributed by atoms with Gasteiger partial charge in [0.15, 0.2) is 0 Å². The molecule has 1 heterocycles. The van der Waals surface area contributed by atoms with Crippen LogP contribution in [-0.4, -0.2) is 24.1 Å². The van der Waals surface area contributed by atoms with Gasteiger partial charge in [-0.3, -0.25) is 0 Å². The summed E-state index contributed by atoms with van der Waals surface area (Å²) in [5, 5.41) is 4.11. The van der Waals surface area contributed by atoms with Crippen molar-refractivity contribution in [1.29, 1.82) is 0 Å². The fourth-order valence-electron chi connectivity index (χ4n) is 1.73. The van der Waals surface area contributed by atoms with Crippen molar-refractivity contribution in [3.8, 4) is 0 Å². The lowest BCUT2D eigenvalue weighted by Crippen LogP contribution is -2.41. The molecule has 1 N–H and O–H groups in total. The molecule has 3 nitrogen and oxygen atoms in total. The van der Waals surface area contributed by atoms with Crippen molar-refractivity contribution in [2.45, 2.75) is 52.6 Å². The van der Waals surface area contributed by atoms with Crippen LogP contribution in [0.4, 0.5) is 5.82 Å². The second-order valence-corrected chi connectivity index (χ2v) is 5.94. The number of nitrogens with one attached hydrogen (secondary N) is 1. The molecule has 0 atom stereocenters. The van der Waals surface area contributed by atoms with Gasteiger partial charge in [0.25, 0.3) is 0 Å². The van der Waals surface area contributed by atoms with Gasteiger partial charge >= 0.3 is 0 Å². The zero-order valence-electron chi connectivity index (χ0n) is 12.8. The zero-order valence-corrected chi connectivity index (χ0v) is 13.5. The van der Waals surface area contributed by atoms with E-state index >= 15 is 0 Å². The molecule has 0 saturated carbocycles. The van der Waals surface area contributed by atoms with Crippen molar-refractivity contribution >= 4 is 17.4 Å². The number of hydrogen-bond donors (Lipinski definition) is 1. The van der Waals surface area contributed by atoms with Crippen LogP contribution < -0.4 is 10.2 Å². The number of pyridine rings is 1. The van der Waals surface area contributed by atoms with E-state index in [1.54, 1.807) is 6.20 Å². The Morgan fingerprint density at radius 1 is 1.37 bits per heavy atom. The number of halogens is 1. The molecule has 0 spiro atoms. The van der Waals surface area contributed by atoms with Crippen LogP contribution in [-0.2, 0) is 6.54 Å². The molecule has 0 radical (unpaired) electrons. The number of rotatable bonds is 7. The summed E-state index contributed by atoms with van der Waals surface area (Å²) < 4.78 is 0. The second-order valence-electron chi connectivity index (χ2n) is 5.54. The fourth-order valence-corrected chi connectivity index (χ4v) is 1.90. The summed E-state index contributed by atoms with van der Waals surface area (Å²) in [6.45, 7) is 10.6. The quantitative estimate of drug-likeness (QED) is 0.770. The maximum absolute atomic E-state index is 6.21. The van der Waals surface area contributed by atoms with Crippen molar-refractivity contribution in [1.82, 2.24) is 10.3 Å². The minimum Gasteiger partial charge on any atom is -0.355 e. The highest BCUT2D eigenvalue weighted by Gasteiger charge is 2.22. The summed E-state index contributed by atoms with van der Waals surface area (Å²) in [5.41, 5.74) is 1.20. The van der Waals surface area contributed by atoms with Gasteiger partial charge in [-0.1, -0.05) is 25.4 Å². The van der Waals surface area contributed by atoms with Crippen LogP contribution >= 0.6 is 11.6 Å². The van der Waals surface area contributed by atoms with Gasteiger partial charge in [0.2, 0.25) is 0 Å². The molecule has 1 rings (SSSR count). The highest BCUT2D eigenvalue weighted by molar-refractivity contribution is 6.31. The summed E-state index contributed by atoms with van der Waals surface area (Å²) in [4.78, 5) is 6.66. The molecule has 0 aromatic carbocycles. The van der Waals surface area contributed by atoms with Crippen LogP contribution in [0.25, 0.3) is 0 Å². The molecule has 0 saturated heterocycles. The lowest BCUT2D eigenvalue weighted by molar-refractivity contribution is 0.467. The highest BCUT2D eigenvalue weighted by atomic mass is 35.5. The fraction of sp³-hybridized carbons (Fsp3) is 0.667. The van der Waals surface area contributed by atoms with E-state index in [0.29, 0.717) is 0 Å². The third kappa shape index (κ3) is 4.36. The Labute approximate surface area is 122 Å². The van der Waals surface area contributed by atoms with Crippen molar-refractivity contribution in [3.63, 3.8) is 0 Å². The zero-order chi connectivity index (χ0) is 14.5. The lowest BCUT2D eigenvalue weighted by Gasteiger charge is -2.36. The van der Waals surface area contributed by atoms with Crippen LogP contribution in [0.15, 0.2) is 12.3 Å². The van der Waals surface area contributed by atoms with Crippen LogP contribution in [0.2, 0.25) is 5.02 Å². The molecular weight excluding hydrogens is 258 g/mol. The molecular formula is C15H26ClN3. The van der Waals surface area contributed by atoms with E-state index in [4.69, 9.17) is 11.6 Å². The molecule has 19 heavy (non-hydrogen) atoms. The number of nitrogens with zero attached hydrogens (tertiary/aromatic N) is 2. The van der Waals surface area contributed by atoms with Gasteiger partial charge in [0.05, 0.1) is 5.02 Å². The van der Waals surface area contributed by atoms with E-state index in [2.05, 4.69) is 56.0 Å². The summed E-state index contributed by atoms with van der Waals surface area (Å²) >= 11 is 6.21. The molecule has 4 heteroatoms. The predicted octanol–water partition coefficient (Wildman–Crippen LogP) is 3.86. The Morgan fingerprint density at radius 2 is 2.05 bits per heavy atom. The van der Waals surface area contributed by atoms with Crippen molar-refractivity contribution < 1.29 is 0 Å². The van der Waals surface area contributed by atoms with Crippen molar-refractivity contribution in [2.75, 3.05) is 18.5 Å². The first-order valence-corrected chi connectivity index (χ1v) is 7.39. The molecule has 1 aromatic heterocycles. The highest BCUT2D eigenvalue weighted by Crippen LogP contribution is 2.26. The second kappa shape index (κ2) is 7.11. The van der Waals surface area contributed by atoms with E-state index in [9.17, 15) is 0 Å². The van der Waals surface area contributed by atoms with Crippen LogP contribution in [0, 0.1) is 0 Å². The molecule has 108 valence electrons. The van der Waals surface area contributed by atoms with Crippen LogP contribution in [0.1, 0.15) is 46.1 Å². The van der Waals surface area contributed by atoms with Gasteiger partial charge in [-0.15, -0.1) is 0 Å². The van der Waals surface area contributed by atoms with E-state index in [-0.39, 0.29) is 5.54 Å². The van der Waals surface area contributed by atoms with E-state index in [1.165, 1.54) is 0 Å². The molecule has 0 amide bonds. The maximum atomic E-state index is 6.21. The third-order valence-corrected chi connectivity index (χ3v) is 4.12. The molecule has 1 aromatic rings. The Bertz CT molecular complexity index is 404. The monoisotopic (exact) mass is 283 g/mol. The minimum absolute atomic E-state index is 0.0922. The predicted molar refractivity (Wildman–Crippen MR) is 84.0 cm³/mol. The molecule has 0 bridgehead atoms. The van der Waals surface area contributed by atoms with Crippen molar-refractivity contribution in [2.24, 2.45) is 0 Å². The Hall–Kier alpha value is -0.800. The molecule has 0 aliphatic rings. The molecule has 0 aliphatic heterocycles. The average Bonchev–Trinajstić information content (AvgIpc) is 2.40. The van der Waals surface area contributed by atoms with Gasteiger partial charge in [0, 0.05) is 25.3 Å². The molecule has 0 aliphatic carbocycles. The van der Waals surface area contributed by atoms with E-state index < -0.39 is 0 Å². The van der Waals surface area contributed by atoms with Gasteiger partial charge in [-0.05, 0) is 44.9 Å². The SMILES string of the molecule is CCCNCc1cc(N(C)C(C)(C)CC)ncc1Cl. The van der Waals surface area contributed by atoms with E-state index in [1.807, 2.05) is 0 Å². The average molecular weight is 284 g/mol. The van der Waals surface area contributed by atoms with Crippen LogP contribution in [0.3, 0.4) is 0 Å². The van der Waals surface area contributed by atoms with Crippen LogP contribution in [0.5, 0.6) is 0 Å². The molecule has 0 unspecified atom stereocenters. The van der Waals surface area contributed by atoms with E-state index in [0.717, 1.165) is 42.3 Å². The van der Waals surface area contributed by atoms with Crippen molar-refractivity contribution in [3.05, 3.63) is 22.8 Å². The summed E-state index contributed by atoms with van der Waals surface area (Å²) in [6, 6.07) is 2.09. The number of anilines is 1. The van der Waals surface area contributed by atoms with Gasteiger partial charge in [-0.25, -0.2) is 4.98 Å². The Balaban J connectivity index is 2.89. The number of hydrogen-bond acceptors (Lipinski definition) is 3. The smallest absolute Gasteiger partial charge is 0.129 e. The first-order valence-electron chi connectivity index (χ1n) is 7.01. The van der Waals surface area contributed by atoms with Gasteiger partial charge in [-0.2, -0.15) is 0 Å².